The molecule has 0 atom stereocenters. The Kier molecular flexibility index (Phi) is 8.07. The van der Waals surface area contributed by atoms with E-state index in [0.29, 0.717) is 0 Å². The zero-order valence-corrected chi connectivity index (χ0v) is 21.0. The third-order valence-electron chi connectivity index (χ3n) is 4.47. The smallest absolute Gasteiger partial charge is 0.573 e. The average Bonchev–Trinajstić information content (AvgIpc) is 3.40. The molecule has 7 heteroatoms. The monoisotopic (exact) mass is 595 g/mol. The molecule has 4 rings (SSSR count). The first-order valence-corrected chi connectivity index (χ1v) is 9.99. The molecule has 0 bridgehead atoms. The normalized spacial score (nSPS) is 11.3. The Bertz CT molecular complexity index is 969. The summed E-state index contributed by atoms with van der Waals surface area (Å²) >= 11 is 0. The molecular formula is C24H28N6Pt. The van der Waals surface area contributed by atoms with E-state index in [1.54, 1.807) is 12.4 Å². The van der Waals surface area contributed by atoms with Gasteiger partial charge in [0.25, 0.3) is 0 Å². The van der Waals surface area contributed by atoms with Crippen molar-refractivity contribution in [3.8, 4) is 22.8 Å². The van der Waals surface area contributed by atoms with Gasteiger partial charge in [-0.1, -0.05) is 77.2 Å². The standard InChI is InChI=1S/2C12H14N3.Pt/c2*1-12(2,3)11-8-10(14-15-11)9-6-4-5-7-13-9;/h2*4-8H,1-3H3;/q2*-1;+2. The predicted octanol–water partition coefficient (Wildman–Crippen LogP) is 4.79. The molecule has 0 saturated carbocycles. The second-order valence-electron chi connectivity index (χ2n) is 9.16. The molecular weight excluding hydrogens is 567 g/mol. The molecule has 0 N–H and O–H groups in total. The molecule has 6 nitrogen and oxygen atoms in total. The fourth-order valence-corrected chi connectivity index (χ4v) is 2.60. The van der Waals surface area contributed by atoms with Crippen LogP contribution < -0.4 is 10.2 Å². The minimum atomic E-state index is 0. The molecule has 0 fully saturated rings. The van der Waals surface area contributed by atoms with Crippen molar-refractivity contribution in [2.45, 2.75) is 52.4 Å². The van der Waals surface area contributed by atoms with Crippen molar-refractivity contribution in [3.05, 3.63) is 72.3 Å². The first kappa shape index (κ1) is 24.7. The second kappa shape index (κ2) is 10.1. The van der Waals surface area contributed by atoms with Gasteiger partial charge in [-0.2, -0.15) is 0 Å². The van der Waals surface area contributed by atoms with Crippen LogP contribution in [0, 0.1) is 0 Å². The number of pyridine rings is 2. The molecule has 0 aromatic carbocycles. The van der Waals surface area contributed by atoms with Gasteiger partial charge in [-0.3, -0.25) is 9.97 Å². The summed E-state index contributed by atoms with van der Waals surface area (Å²) in [4.78, 5) is 8.48. The van der Waals surface area contributed by atoms with E-state index in [1.807, 2.05) is 48.5 Å². The SMILES string of the molecule is CC(C)(C)c1cc(-c2ccccn2)[n-]n1.CC(C)(C)c1cc(-c2ccccn2)[n-]n1.[Pt+2]. The Balaban J connectivity index is 0.000000213. The molecule has 0 unspecified atom stereocenters. The molecule has 0 aliphatic rings. The summed E-state index contributed by atoms with van der Waals surface area (Å²) in [7, 11) is 0. The Morgan fingerprint density at radius 1 is 0.613 bits per heavy atom. The Labute approximate surface area is 198 Å². The van der Waals surface area contributed by atoms with Crippen LogP contribution >= 0.6 is 0 Å². The van der Waals surface area contributed by atoms with Crippen LogP contribution in [-0.2, 0) is 31.9 Å². The second-order valence-corrected chi connectivity index (χ2v) is 9.16. The molecule has 4 aromatic rings. The Hall–Kier alpha value is -2.59. The first-order valence-electron chi connectivity index (χ1n) is 9.99. The van der Waals surface area contributed by atoms with Crippen LogP contribution in [0.5, 0.6) is 0 Å². The largest absolute Gasteiger partial charge is 2.00 e. The van der Waals surface area contributed by atoms with E-state index >= 15 is 0 Å². The third-order valence-corrected chi connectivity index (χ3v) is 4.47. The fraction of sp³-hybridized carbons (Fsp3) is 0.333. The minimum Gasteiger partial charge on any atom is -0.573 e. The van der Waals surface area contributed by atoms with Crippen LogP contribution in [0.25, 0.3) is 22.8 Å². The minimum absolute atomic E-state index is 0. The fourth-order valence-electron chi connectivity index (χ4n) is 2.60. The van der Waals surface area contributed by atoms with Crippen LogP contribution in [0.2, 0.25) is 0 Å². The molecule has 0 spiro atoms. The summed E-state index contributed by atoms with van der Waals surface area (Å²) in [6.45, 7) is 12.7. The topological polar surface area (TPSA) is 79.8 Å². The number of hydrogen-bond acceptors (Lipinski definition) is 4. The zero-order valence-electron chi connectivity index (χ0n) is 18.8. The summed E-state index contributed by atoms with van der Waals surface area (Å²) < 4.78 is 0. The third kappa shape index (κ3) is 6.70. The van der Waals surface area contributed by atoms with E-state index in [-0.39, 0.29) is 31.9 Å². The molecule has 0 saturated heterocycles. The number of rotatable bonds is 2. The molecule has 4 aromatic heterocycles. The van der Waals surface area contributed by atoms with E-state index in [4.69, 9.17) is 0 Å². The van der Waals surface area contributed by atoms with Crippen LogP contribution in [0.4, 0.5) is 0 Å². The molecule has 0 aliphatic carbocycles. The van der Waals surface area contributed by atoms with Crippen LogP contribution in [0.3, 0.4) is 0 Å². The summed E-state index contributed by atoms with van der Waals surface area (Å²) in [6.07, 6.45) is 3.53. The predicted molar refractivity (Wildman–Crippen MR) is 119 cm³/mol. The molecule has 31 heavy (non-hydrogen) atoms. The van der Waals surface area contributed by atoms with Crippen molar-refractivity contribution in [3.63, 3.8) is 0 Å². The van der Waals surface area contributed by atoms with E-state index in [2.05, 4.69) is 71.9 Å². The maximum Gasteiger partial charge on any atom is 2.00 e. The summed E-state index contributed by atoms with van der Waals surface area (Å²) in [5, 5.41) is 16.6. The van der Waals surface area contributed by atoms with Crippen LogP contribution in [0.15, 0.2) is 60.9 Å². The number of nitrogens with zero attached hydrogens (tertiary/aromatic N) is 6. The van der Waals surface area contributed by atoms with Crippen molar-refractivity contribution < 1.29 is 21.1 Å². The van der Waals surface area contributed by atoms with E-state index in [0.717, 1.165) is 34.2 Å². The summed E-state index contributed by atoms with van der Waals surface area (Å²) in [6, 6.07) is 15.6. The van der Waals surface area contributed by atoms with Crippen molar-refractivity contribution in [2.24, 2.45) is 0 Å². The zero-order chi connectivity index (χ0) is 21.8. The number of hydrogen-bond donors (Lipinski definition) is 0. The van der Waals surface area contributed by atoms with Crippen LogP contribution in [-0.4, -0.2) is 20.2 Å². The molecule has 164 valence electrons. The summed E-state index contributed by atoms with van der Waals surface area (Å²) in [5.74, 6) is 0. The molecule has 4 heterocycles. The van der Waals surface area contributed by atoms with Crippen molar-refractivity contribution in [2.75, 3.05) is 0 Å². The van der Waals surface area contributed by atoms with Crippen molar-refractivity contribution in [1.82, 2.24) is 30.4 Å². The van der Waals surface area contributed by atoms with E-state index in [9.17, 15) is 0 Å². The van der Waals surface area contributed by atoms with Gasteiger partial charge in [0.15, 0.2) is 0 Å². The maximum absolute atomic E-state index is 4.24. The average molecular weight is 596 g/mol. The quantitative estimate of drug-likeness (QED) is 0.332. The van der Waals surface area contributed by atoms with Gasteiger partial charge in [-0.15, -0.1) is 0 Å². The van der Waals surface area contributed by atoms with Gasteiger partial charge in [0, 0.05) is 46.0 Å². The first-order chi connectivity index (χ1) is 14.1. The van der Waals surface area contributed by atoms with Gasteiger partial charge >= 0.3 is 21.1 Å². The van der Waals surface area contributed by atoms with Crippen molar-refractivity contribution in [1.29, 1.82) is 0 Å². The van der Waals surface area contributed by atoms with Gasteiger partial charge in [0.1, 0.15) is 0 Å². The van der Waals surface area contributed by atoms with E-state index in [1.165, 1.54) is 0 Å². The molecule has 0 aliphatic heterocycles. The van der Waals surface area contributed by atoms with Gasteiger partial charge in [0.2, 0.25) is 0 Å². The maximum atomic E-state index is 4.24. The van der Waals surface area contributed by atoms with Gasteiger partial charge in [-0.05, 0) is 24.3 Å². The van der Waals surface area contributed by atoms with Gasteiger partial charge < -0.3 is 20.4 Å². The summed E-state index contributed by atoms with van der Waals surface area (Å²) in [5.41, 5.74) is 5.54. The number of aromatic nitrogens is 6. The van der Waals surface area contributed by atoms with Crippen molar-refractivity contribution >= 4 is 0 Å². The molecule has 0 amide bonds. The van der Waals surface area contributed by atoms with Crippen LogP contribution in [0.1, 0.15) is 52.9 Å². The molecule has 0 radical (unpaired) electrons. The van der Waals surface area contributed by atoms with E-state index < -0.39 is 0 Å². The Morgan fingerprint density at radius 3 is 1.26 bits per heavy atom. The van der Waals surface area contributed by atoms with Gasteiger partial charge in [0.05, 0.1) is 0 Å². The van der Waals surface area contributed by atoms with Gasteiger partial charge in [-0.25, -0.2) is 0 Å². The Morgan fingerprint density at radius 2 is 1.00 bits per heavy atom.